The van der Waals surface area contributed by atoms with E-state index in [2.05, 4.69) is 19.2 Å². The Kier molecular flexibility index (Phi) is 5.08. The van der Waals surface area contributed by atoms with Crippen molar-refractivity contribution >= 4 is 23.0 Å². The van der Waals surface area contributed by atoms with Crippen LogP contribution in [-0.4, -0.2) is 24.9 Å². The fourth-order valence-corrected chi connectivity index (χ4v) is 3.55. The summed E-state index contributed by atoms with van der Waals surface area (Å²) in [5.41, 5.74) is 0.968. The molecule has 0 saturated carbocycles. The van der Waals surface area contributed by atoms with Gasteiger partial charge in [0.25, 0.3) is 5.91 Å². The van der Waals surface area contributed by atoms with E-state index in [1.54, 1.807) is 12.1 Å². The summed E-state index contributed by atoms with van der Waals surface area (Å²) < 4.78 is 11.2. The van der Waals surface area contributed by atoms with Crippen molar-refractivity contribution < 1.29 is 19.1 Å². The standard InChI is InChI=1S/C19H21NO4S/c1-11(2)18(13-4-5-14-15(10-13)24-9-8-23-14)20-19(22)17-7-6-16(25-17)12(3)21/h4-7,10-11,18H,8-9H2,1-3H3,(H,20,22)/t18-/m1/s1. The maximum absolute atomic E-state index is 12.6. The number of rotatable bonds is 5. The number of amides is 1. The Bertz CT molecular complexity index is 796. The van der Waals surface area contributed by atoms with Gasteiger partial charge in [-0.2, -0.15) is 0 Å². The minimum absolute atomic E-state index is 0.0312. The second-order valence-corrected chi connectivity index (χ2v) is 7.40. The first kappa shape index (κ1) is 17.5. The lowest BCUT2D eigenvalue weighted by Gasteiger charge is -2.25. The number of carbonyl (C=O) groups is 2. The summed E-state index contributed by atoms with van der Waals surface area (Å²) in [5, 5.41) is 3.07. The number of ether oxygens (including phenoxy) is 2. The molecule has 132 valence electrons. The lowest BCUT2D eigenvalue weighted by molar-refractivity contribution is 0.0929. The van der Waals surface area contributed by atoms with E-state index in [-0.39, 0.29) is 23.7 Å². The average molecular weight is 359 g/mol. The molecule has 1 N–H and O–H groups in total. The maximum atomic E-state index is 12.6. The minimum Gasteiger partial charge on any atom is -0.486 e. The van der Waals surface area contributed by atoms with Crippen molar-refractivity contribution in [1.82, 2.24) is 5.32 Å². The highest BCUT2D eigenvalue weighted by atomic mass is 32.1. The molecule has 6 heteroatoms. The molecular weight excluding hydrogens is 338 g/mol. The molecule has 1 aromatic heterocycles. The molecule has 2 heterocycles. The summed E-state index contributed by atoms with van der Waals surface area (Å²) >= 11 is 1.21. The van der Waals surface area contributed by atoms with E-state index in [0.717, 1.165) is 11.3 Å². The van der Waals surface area contributed by atoms with Crippen LogP contribution in [0.25, 0.3) is 0 Å². The van der Waals surface area contributed by atoms with E-state index < -0.39 is 0 Å². The van der Waals surface area contributed by atoms with Gasteiger partial charge in [0.05, 0.1) is 15.8 Å². The minimum atomic E-state index is -0.175. The van der Waals surface area contributed by atoms with Crippen LogP contribution in [0, 0.1) is 5.92 Å². The maximum Gasteiger partial charge on any atom is 0.261 e. The van der Waals surface area contributed by atoms with E-state index in [1.807, 2.05) is 18.2 Å². The average Bonchev–Trinajstić information content (AvgIpc) is 3.09. The summed E-state index contributed by atoms with van der Waals surface area (Å²) in [5.74, 6) is 1.42. The first-order chi connectivity index (χ1) is 12.0. The highest BCUT2D eigenvalue weighted by Crippen LogP contribution is 2.34. The molecule has 25 heavy (non-hydrogen) atoms. The molecule has 0 saturated heterocycles. The molecule has 0 bridgehead atoms. The van der Waals surface area contributed by atoms with Crippen LogP contribution in [0.1, 0.15) is 51.7 Å². The van der Waals surface area contributed by atoms with Crippen molar-refractivity contribution in [3.8, 4) is 11.5 Å². The van der Waals surface area contributed by atoms with Crippen molar-refractivity contribution in [3.05, 3.63) is 45.6 Å². The number of carbonyl (C=O) groups excluding carboxylic acids is 2. The van der Waals surface area contributed by atoms with E-state index in [4.69, 9.17) is 9.47 Å². The van der Waals surface area contributed by atoms with Crippen LogP contribution >= 0.6 is 11.3 Å². The second kappa shape index (κ2) is 7.27. The number of hydrogen-bond donors (Lipinski definition) is 1. The molecule has 0 aliphatic carbocycles. The Labute approximate surface area is 151 Å². The molecule has 5 nitrogen and oxygen atoms in total. The zero-order chi connectivity index (χ0) is 18.0. The quantitative estimate of drug-likeness (QED) is 0.824. The molecule has 1 atom stereocenters. The zero-order valence-corrected chi connectivity index (χ0v) is 15.3. The van der Waals surface area contributed by atoms with Crippen molar-refractivity contribution in [3.63, 3.8) is 0 Å². The van der Waals surface area contributed by atoms with Gasteiger partial charge in [-0.15, -0.1) is 11.3 Å². The number of fused-ring (bicyclic) bond motifs is 1. The van der Waals surface area contributed by atoms with Crippen LogP contribution in [-0.2, 0) is 0 Å². The third-order valence-electron chi connectivity index (χ3n) is 4.06. The Balaban J connectivity index is 1.81. The fourth-order valence-electron chi connectivity index (χ4n) is 2.75. The van der Waals surface area contributed by atoms with Gasteiger partial charge < -0.3 is 14.8 Å². The highest BCUT2D eigenvalue weighted by molar-refractivity contribution is 7.15. The molecule has 1 aromatic carbocycles. The van der Waals surface area contributed by atoms with Crippen molar-refractivity contribution in [2.24, 2.45) is 5.92 Å². The Morgan fingerprint density at radius 2 is 1.72 bits per heavy atom. The predicted octanol–water partition coefficient (Wildman–Crippen LogP) is 3.85. The van der Waals surface area contributed by atoms with Gasteiger partial charge in [0.1, 0.15) is 13.2 Å². The van der Waals surface area contributed by atoms with Gasteiger partial charge in [0, 0.05) is 0 Å². The molecule has 1 aliphatic heterocycles. The molecule has 0 spiro atoms. The normalized spacial score (nSPS) is 14.2. The van der Waals surface area contributed by atoms with Crippen molar-refractivity contribution in [1.29, 1.82) is 0 Å². The van der Waals surface area contributed by atoms with Gasteiger partial charge in [-0.25, -0.2) is 0 Å². The van der Waals surface area contributed by atoms with Crippen LogP contribution in [0.3, 0.4) is 0 Å². The first-order valence-electron chi connectivity index (χ1n) is 8.27. The van der Waals surface area contributed by atoms with Crippen LogP contribution in [0.15, 0.2) is 30.3 Å². The Morgan fingerprint density at radius 1 is 1.04 bits per heavy atom. The highest BCUT2D eigenvalue weighted by Gasteiger charge is 2.23. The van der Waals surface area contributed by atoms with Gasteiger partial charge in [-0.3, -0.25) is 9.59 Å². The van der Waals surface area contributed by atoms with Crippen LogP contribution in [0.4, 0.5) is 0 Å². The van der Waals surface area contributed by atoms with E-state index in [0.29, 0.717) is 28.7 Å². The first-order valence-corrected chi connectivity index (χ1v) is 9.08. The zero-order valence-electron chi connectivity index (χ0n) is 14.5. The lowest BCUT2D eigenvalue weighted by atomic mass is 9.95. The van der Waals surface area contributed by atoms with Crippen LogP contribution < -0.4 is 14.8 Å². The summed E-state index contributed by atoms with van der Waals surface area (Å²) in [6, 6.07) is 8.98. The molecule has 2 aromatic rings. The number of thiophene rings is 1. The van der Waals surface area contributed by atoms with Gasteiger partial charge in [0.2, 0.25) is 0 Å². The van der Waals surface area contributed by atoms with Crippen LogP contribution in [0.5, 0.6) is 11.5 Å². The third-order valence-corrected chi connectivity index (χ3v) is 5.24. The molecule has 1 aliphatic rings. The number of hydrogen-bond acceptors (Lipinski definition) is 5. The smallest absolute Gasteiger partial charge is 0.261 e. The SMILES string of the molecule is CC(=O)c1ccc(C(=O)N[C@@H](c2ccc3c(c2)OCCO3)C(C)C)s1. The molecule has 0 fully saturated rings. The van der Waals surface area contributed by atoms with Crippen molar-refractivity contribution in [2.45, 2.75) is 26.8 Å². The van der Waals surface area contributed by atoms with E-state index >= 15 is 0 Å². The largest absolute Gasteiger partial charge is 0.486 e. The Morgan fingerprint density at radius 3 is 2.36 bits per heavy atom. The number of Topliss-reactive ketones (excluding diaryl/α,β-unsaturated/α-hetero) is 1. The summed E-state index contributed by atoms with van der Waals surface area (Å²) in [6.45, 7) is 6.68. The molecular formula is C19H21NO4S. The predicted molar refractivity (Wildman–Crippen MR) is 96.8 cm³/mol. The van der Waals surface area contributed by atoms with Gasteiger partial charge in [-0.05, 0) is 42.7 Å². The Hall–Kier alpha value is -2.34. The van der Waals surface area contributed by atoms with E-state index in [1.165, 1.54) is 18.3 Å². The van der Waals surface area contributed by atoms with Gasteiger partial charge in [0.15, 0.2) is 17.3 Å². The number of nitrogens with one attached hydrogen (secondary N) is 1. The van der Waals surface area contributed by atoms with Gasteiger partial charge in [-0.1, -0.05) is 19.9 Å². The van der Waals surface area contributed by atoms with Crippen LogP contribution in [0.2, 0.25) is 0 Å². The number of ketones is 1. The second-order valence-electron chi connectivity index (χ2n) is 6.32. The topological polar surface area (TPSA) is 64.6 Å². The van der Waals surface area contributed by atoms with Gasteiger partial charge >= 0.3 is 0 Å². The number of benzene rings is 1. The molecule has 1 amide bonds. The molecule has 3 rings (SSSR count). The summed E-state index contributed by atoms with van der Waals surface area (Å²) in [4.78, 5) is 25.1. The molecule has 0 unspecified atom stereocenters. The van der Waals surface area contributed by atoms with E-state index in [9.17, 15) is 9.59 Å². The fraction of sp³-hybridized carbons (Fsp3) is 0.368. The van der Waals surface area contributed by atoms with Crippen molar-refractivity contribution in [2.75, 3.05) is 13.2 Å². The monoisotopic (exact) mass is 359 g/mol. The lowest BCUT2D eigenvalue weighted by Crippen LogP contribution is -2.31. The molecule has 0 radical (unpaired) electrons. The summed E-state index contributed by atoms with van der Waals surface area (Å²) in [6.07, 6.45) is 0. The third kappa shape index (κ3) is 3.85. The summed E-state index contributed by atoms with van der Waals surface area (Å²) in [7, 11) is 0.